The first-order valence-electron chi connectivity index (χ1n) is 13.4. The van der Waals surface area contributed by atoms with E-state index >= 15 is 0 Å². The summed E-state index contributed by atoms with van der Waals surface area (Å²) in [7, 11) is -4.13. The van der Waals surface area contributed by atoms with Crippen LogP contribution >= 0.6 is 11.6 Å². The summed E-state index contributed by atoms with van der Waals surface area (Å²) in [4.78, 5) is 22.8. The summed E-state index contributed by atoms with van der Waals surface area (Å²) in [5, 5.41) is 7.87. The number of ether oxygens (including phenoxy) is 2. The summed E-state index contributed by atoms with van der Waals surface area (Å²) in [6.07, 6.45) is 8.19. The summed E-state index contributed by atoms with van der Waals surface area (Å²) < 4.78 is 38.8. The number of sulfonamides is 1. The molecule has 1 fully saturated rings. The molecule has 222 valence electrons. The van der Waals surface area contributed by atoms with Gasteiger partial charge in [0.25, 0.3) is 0 Å². The van der Waals surface area contributed by atoms with E-state index < -0.39 is 21.7 Å². The zero-order chi connectivity index (χ0) is 30.1. The topological polar surface area (TPSA) is 152 Å². The number of carbonyl (C=O) groups is 1. The number of amidine groups is 1. The van der Waals surface area contributed by atoms with E-state index in [1.54, 1.807) is 73.9 Å². The predicted molar refractivity (Wildman–Crippen MR) is 164 cm³/mol. The average Bonchev–Trinajstić information content (AvgIpc) is 2.97. The van der Waals surface area contributed by atoms with Gasteiger partial charge in [-0.1, -0.05) is 42.0 Å². The monoisotopic (exact) mass is 612 g/mol. The molecule has 0 amide bonds. The van der Waals surface area contributed by atoms with Crippen molar-refractivity contribution in [2.75, 3.05) is 41.2 Å². The van der Waals surface area contributed by atoms with Crippen LogP contribution in [0.2, 0.25) is 5.02 Å². The Morgan fingerprint density at radius 3 is 2.57 bits per heavy atom. The Bertz CT molecular complexity index is 1530. The Morgan fingerprint density at radius 2 is 1.90 bits per heavy atom. The number of nitrogens with zero attached hydrogens (tertiary/aromatic N) is 4. The van der Waals surface area contributed by atoms with Gasteiger partial charge in [-0.15, -0.1) is 0 Å². The van der Waals surface area contributed by atoms with Gasteiger partial charge in [0.1, 0.15) is 17.7 Å². The number of esters is 1. The number of piperidine rings is 1. The number of nitrogen functional groups attached to an aromatic ring is 1. The fourth-order valence-electron chi connectivity index (χ4n) is 4.45. The first-order chi connectivity index (χ1) is 20.2. The molecule has 1 aromatic heterocycles. The Morgan fingerprint density at radius 1 is 1.17 bits per heavy atom. The Balaban J connectivity index is 1.49. The van der Waals surface area contributed by atoms with Gasteiger partial charge in [0, 0.05) is 43.9 Å². The second-order valence-electron chi connectivity index (χ2n) is 9.50. The highest BCUT2D eigenvalue weighted by Crippen LogP contribution is 2.33. The SMILES string of the molecule is CCOC(=O)CS(=O)(=O)N(CC=Cc1cccc(C(=N)N)c1)c1ccc(OC2CCN(c3ncccn3)CC2)c(Cl)c1. The molecule has 0 saturated carbocycles. The van der Waals surface area contributed by atoms with Crippen molar-refractivity contribution in [2.45, 2.75) is 25.9 Å². The largest absolute Gasteiger partial charge is 0.489 e. The van der Waals surface area contributed by atoms with E-state index in [0.717, 1.165) is 35.8 Å². The third-order valence-electron chi connectivity index (χ3n) is 6.49. The van der Waals surface area contributed by atoms with E-state index in [2.05, 4.69) is 14.9 Å². The molecule has 0 atom stereocenters. The number of anilines is 2. The summed E-state index contributed by atoms with van der Waals surface area (Å²) in [5.74, 6) is -0.624. The molecule has 0 aliphatic carbocycles. The summed E-state index contributed by atoms with van der Waals surface area (Å²) >= 11 is 6.58. The standard InChI is InChI=1S/C29H33ClN6O5S/c1-2-40-27(37)20-42(38,39)36(15-4-7-21-6-3-8-22(18-21)28(31)32)23-9-10-26(25(30)19-23)41-24-11-16-35(17-12-24)29-33-13-5-14-34-29/h3-10,13-14,18-19,24H,2,11-12,15-17,20H2,1H3,(H3,31,32). The Hall–Kier alpha value is -4.16. The molecule has 0 spiro atoms. The van der Waals surface area contributed by atoms with E-state index in [9.17, 15) is 13.2 Å². The molecule has 3 N–H and O–H groups in total. The molecule has 0 radical (unpaired) electrons. The average molecular weight is 613 g/mol. The molecule has 42 heavy (non-hydrogen) atoms. The van der Waals surface area contributed by atoms with Gasteiger partial charge in [-0.25, -0.2) is 18.4 Å². The fraction of sp³-hybridized carbons (Fsp3) is 0.310. The molecule has 13 heteroatoms. The van der Waals surface area contributed by atoms with Gasteiger partial charge in [-0.2, -0.15) is 0 Å². The normalized spacial score (nSPS) is 14.1. The molecule has 2 heterocycles. The van der Waals surface area contributed by atoms with Crippen LogP contribution in [-0.4, -0.2) is 68.3 Å². The zero-order valence-electron chi connectivity index (χ0n) is 23.1. The quantitative estimate of drug-likeness (QED) is 0.176. The van der Waals surface area contributed by atoms with Crippen LogP contribution in [0.4, 0.5) is 11.6 Å². The number of benzene rings is 2. The zero-order valence-corrected chi connectivity index (χ0v) is 24.7. The van der Waals surface area contributed by atoms with Crippen molar-refractivity contribution < 1.29 is 22.7 Å². The Kier molecular flexibility index (Phi) is 10.4. The van der Waals surface area contributed by atoms with Crippen molar-refractivity contribution in [1.29, 1.82) is 5.41 Å². The molecule has 0 unspecified atom stereocenters. The summed E-state index contributed by atoms with van der Waals surface area (Å²) in [6, 6.07) is 13.5. The highest BCUT2D eigenvalue weighted by Gasteiger charge is 2.27. The number of hydrogen-bond donors (Lipinski definition) is 2. The number of nitrogens with one attached hydrogen (secondary N) is 1. The number of rotatable bonds is 12. The number of nitrogens with two attached hydrogens (primary N) is 1. The lowest BCUT2D eigenvalue weighted by Crippen LogP contribution is -2.39. The van der Waals surface area contributed by atoms with Crippen LogP contribution in [0.3, 0.4) is 0 Å². The molecule has 3 aromatic rings. The minimum absolute atomic E-state index is 0.0654. The summed E-state index contributed by atoms with van der Waals surface area (Å²) in [5.41, 5.74) is 7.13. The van der Waals surface area contributed by atoms with E-state index in [4.69, 9.17) is 32.2 Å². The fourth-order valence-corrected chi connectivity index (χ4v) is 5.96. The minimum atomic E-state index is -4.13. The van der Waals surface area contributed by atoms with Crippen LogP contribution in [0.5, 0.6) is 5.75 Å². The number of hydrogen-bond acceptors (Lipinski definition) is 9. The molecule has 0 bridgehead atoms. The molecule has 11 nitrogen and oxygen atoms in total. The lowest BCUT2D eigenvalue weighted by molar-refractivity contribution is -0.139. The van der Waals surface area contributed by atoms with Gasteiger partial charge < -0.3 is 20.1 Å². The van der Waals surface area contributed by atoms with Crippen molar-refractivity contribution in [3.8, 4) is 5.75 Å². The highest BCUT2D eigenvalue weighted by atomic mass is 35.5. The smallest absolute Gasteiger partial charge is 0.323 e. The van der Waals surface area contributed by atoms with Gasteiger partial charge >= 0.3 is 5.97 Å². The molecular weight excluding hydrogens is 580 g/mol. The second kappa shape index (κ2) is 14.1. The maximum atomic E-state index is 13.3. The predicted octanol–water partition coefficient (Wildman–Crippen LogP) is 3.87. The summed E-state index contributed by atoms with van der Waals surface area (Å²) in [6.45, 7) is 3.05. The number of aromatic nitrogens is 2. The first-order valence-corrected chi connectivity index (χ1v) is 15.4. The molecule has 1 aliphatic heterocycles. The van der Waals surface area contributed by atoms with Gasteiger partial charge in [0.2, 0.25) is 16.0 Å². The second-order valence-corrected chi connectivity index (χ2v) is 11.8. The molecule has 1 saturated heterocycles. The van der Waals surface area contributed by atoms with E-state index in [-0.39, 0.29) is 35.8 Å². The highest BCUT2D eigenvalue weighted by molar-refractivity contribution is 7.93. The third kappa shape index (κ3) is 8.20. The van der Waals surface area contributed by atoms with Crippen LogP contribution in [-0.2, 0) is 19.6 Å². The van der Waals surface area contributed by atoms with Crippen molar-refractivity contribution in [1.82, 2.24) is 9.97 Å². The minimum Gasteiger partial charge on any atom is -0.489 e. The van der Waals surface area contributed by atoms with Crippen molar-refractivity contribution in [2.24, 2.45) is 5.73 Å². The lowest BCUT2D eigenvalue weighted by atomic mass is 10.1. The van der Waals surface area contributed by atoms with E-state index in [0.29, 0.717) is 17.3 Å². The maximum absolute atomic E-state index is 13.3. The molecule has 4 rings (SSSR count). The van der Waals surface area contributed by atoms with Gasteiger partial charge in [0.05, 0.1) is 23.9 Å². The lowest BCUT2D eigenvalue weighted by Gasteiger charge is -2.32. The van der Waals surface area contributed by atoms with Crippen LogP contribution in [0.15, 0.2) is 67.0 Å². The van der Waals surface area contributed by atoms with Crippen LogP contribution in [0, 0.1) is 5.41 Å². The van der Waals surface area contributed by atoms with Crippen molar-refractivity contribution in [3.05, 3.63) is 83.2 Å². The Labute approximate surface area is 250 Å². The molecule has 2 aromatic carbocycles. The maximum Gasteiger partial charge on any atom is 0.323 e. The number of carbonyl (C=O) groups excluding carboxylic acids is 1. The van der Waals surface area contributed by atoms with E-state index in [1.807, 2.05) is 0 Å². The van der Waals surface area contributed by atoms with Crippen molar-refractivity contribution in [3.63, 3.8) is 0 Å². The van der Waals surface area contributed by atoms with Crippen LogP contribution < -0.4 is 19.7 Å². The van der Waals surface area contributed by atoms with Gasteiger partial charge in [-0.3, -0.25) is 14.5 Å². The first kappa shape index (κ1) is 30.8. The number of halogens is 1. The molecular formula is C29H33ClN6O5S. The molecule has 1 aliphatic rings. The van der Waals surface area contributed by atoms with Gasteiger partial charge in [-0.05, 0) is 42.8 Å². The third-order valence-corrected chi connectivity index (χ3v) is 8.42. The van der Waals surface area contributed by atoms with Crippen molar-refractivity contribution >= 4 is 51.1 Å². The van der Waals surface area contributed by atoms with E-state index in [1.165, 1.54) is 6.07 Å². The van der Waals surface area contributed by atoms with Crippen LogP contribution in [0.25, 0.3) is 6.08 Å². The van der Waals surface area contributed by atoms with Crippen LogP contribution in [0.1, 0.15) is 30.9 Å². The van der Waals surface area contributed by atoms with Gasteiger partial charge in [0.15, 0.2) is 5.75 Å².